The Morgan fingerprint density at radius 3 is 2.67 bits per heavy atom. The fourth-order valence-electron chi connectivity index (χ4n) is 1.78. The molecule has 1 aromatic carbocycles. The molecule has 1 heterocycles. The van der Waals surface area contributed by atoms with Crippen LogP contribution in [0.15, 0.2) is 36.7 Å². The third kappa shape index (κ3) is 3.42. The van der Waals surface area contributed by atoms with Crippen molar-refractivity contribution in [1.82, 2.24) is 4.98 Å². The molecule has 2 rings (SSSR count). The van der Waals surface area contributed by atoms with Crippen LogP contribution in [0.3, 0.4) is 0 Å². The topological polar surface area (TPSA) is 68.3 Å². The number of anilines is 1. The van der Waals surface area contributed by atoms with E-state index in [4.69, 9.17) is 0 Å². The van der Waals surface area contributed by atoms with Crippen molar-refractivity contribution in [3.8, 4) is 0 Å². The number of ether oxygens (including phenoxy) is 1. The van der Waals surface area contributed by atoms with Crippen LogP contribution >= 0.6 is 0 Å². The van der Waals surface area contributed by atoms with Crippen molar-refractivity contribution in [2.45, 2.75) is 6.92 Å². The van der Waals surface area contributed by atoms with Crippen LogP contribution in [0, 0.1) is 12.7 Å². The number of hydrogen-bond acceptors (Lipinski definition) is 4. The summed E-state index contributed by atoms with van der Waals surface area (Å²) in [5, 5.41) is 2.55. The van der Waals surface area contributed by atoms with Crippen LogP contribution in [-0.4, -0.2) is 24.0 Å². The van der Waals surface area contributed by atoms with Crippen molar-refractivity contribution < 1.29 is 18.7 Å². The molecule has 0 spiro atoms. The second-order valence-electron chi connectivity index (χ2n) is 4.39. The maximum absolute atomic E-state index is 13.1. The highest BCUT2D eigenvalue weighted by atomic mass is 19.1. The first-order valence-electron chi connectivity index (χ1n) is 6.12. The number of pyridine rings is 1. The Hall–Kier alpha value is -2.76. The van der Waals surface area contributed by atoms with Crippen molar-refractivity contribution >= 4 is 17.6 Å². The minimum atomic E-state index is -0.611. The molecule has 0 unspecified atom stereocenters. The van der Waals surface area contributed by atoms with Crippen molar-refractivity contribution in [3.63, 3.8) is 0 Å². The van der Waals surface area contributed by atoms with Crippen LogP contribution in [0.4, 0.5) is 10.1 Å². The molecule has 5 nitrogen and oxygen atoms in total. The maximum atomic E-state index is 13.1. The third-order valence-electron chi connectivity index (χ3n) is 2.80. The molecule has 1 aromatic heterocycles. The highest BCUT2D eigenvalue weighted by Crippen LogP contribution is 2.19. The molecule has 0 saturated heterocycles. The summed E-state index contributed by atoms with van der Waals surface area (Å²) in [6, 6.07) is 6.00. The summed E-state index contributed by atoms with van der Waals surface area (Å²) in [4.78, 5) is 27.4. The summed E-state index contributed by atoms with van der Waals surface area (Å²) >= 11 is 0. The van der Waals surface area contributed by atoms with E-state index < -0.39 is 17.7 Å². The van der Waals surface area contributed by atoms with Gasteiger partial charge in [-0.05, 0) is 25.1 Å². The number of nitrogens with one attached hydrogen (secondary N) is 1. The van der Waals surface area contributed by atoms with Gasteiger partial charge in [0, 0.05) is 6.20 Å². The number of methoxy groups -OCH3 is 1. The number of rotatable bonds is 3. The summed E-state index contributed by atoms with van der Waals surface area (Å²) in [5.41, 5.74) is 1.43. The molecule has 1 N–H and O–H groups in total. The van der Waals surface area contributed by atoms with Gasteiger partial charge in [-0.15, -0.1) is 0 Å². The summed E-state index contributed by atoms with van der Waals surface area (Å²) in [7, 11) is 1.26. The number of aryl methyl sites for hydroxylation is 1. The van der Waals surface area contributed by atoms with Crippen LogP contribution in [0.2, 0.25) is 0 Å². The zero-order chi connectivity index (χ0) is 15.4. The van der Waals surface area contributed by atoms with Crippen LogP contribution in [0.5, 0.6) is 0 Å². The molecule has 0 aliphatic rings. The molecule has 0 fully saturated rings. The highest BCUT2D eigenvalue weighted by molar-refractivity contribution is 6.07. The van der Waals surface area contributed by atoms with Crippen LogP contribution in [0.1, 0.15) is 26.3 Å². The van der Waals surface area contributed by atoms with Gasteiger partial charge in [-0.2, -0.15) is 0 Å². The number of carbonyl (C=O) groups excluding carboxylic acids is 2. The zero-order valence-electron chi connectivity index (χ0n) is 11.5. The van der Waals surface area contributed by atoms with Gasteiger partial charge in [0.05, 0.1) is 30.1 Å². The highest BCUT2D eigenvalue weighted by Gasteiger charge is 2.15. The number of aromatic nitrogens is 1. The standard InChI is InChI=1S/C15H13FN2O3/c1-9-3-4-13(12(5-9)15(20)21-2)18-14(19)10-6-11(16)8-17-7-10/h3-8H,1-2H3,(H,18,19). The number of benzene rings is 1. The van der Waals surface area contributed by atoms with Gasteiger partial charge in [-0.25, -0.2) is 9.18 Å². The van der Waals surface area contributed by atoms with E-state index in [-0.39, 0.29) is 11.1 Å². The average Bonchev–Trinajstić information content (AvgIpc) is 2.48. The monoisotopic (exact) mass is 288 g/mol. The van der Waals surface area contributed by atoms with Gasteiger partial charge >= 0.3 is 5.97 Å². The van der Waals surface area contributed by atoms with Crippen molar-refractivity contribution in [2.24, 2.45) is 0 Å². The third-order valence-corrected chi connectivity index (χ3v) is 2.80. The van der Waals surface area contributed by atoms with Gasteiger partial charge in [0.15, 0.2) is 0 Å². The van der Waals surface area contributed by atoms with Crippen molar-refractivity contribution in [2.75, 3.05) is 12.4 Å². The largest absolute Gasteiger partial charge is 0.465 e. The first-order valence-corrected chi connectivity index (χ1v) is 6.12. The Labute approximate surface area is 120 Å². The van der Waals surface area contributed by atoms with Gasteiger partial charge in [0.2, 0.25) is 0 Å². The lowest BCUT2D eigenvalue weighted by atomic mass is 10.1. The van der Waals surface area contributed by atoms with Crippen molar-refractivity contribution in [3.05, 3.63) is 59.2 Å². The van der Waals surface area contributed by atoms with E-state index in [1.165, 1.54) is 13.3 Å². The Bertz CT molecular complexity index is 701. The predicted octanol–water partition coefficient (Wildman–Crippen LogP) is 2.57. The Morgan fingerprint density at radius 2 is 2.00 bits per heavy atom. The molecule has 0 radical (unpaired) electrons. The number of nitrogens with zero attached hydrogens (tertiary/aromatic N) is 1. The maximum Gasteiger partial charge on any atom is 0.339 e. The minimum absolute atomic E-state index is 0.0615. The molecule has 0 aliphatic heterocycles. The van der Waals surface area contributed by atoms with Gasteiger partial charge in [0.25, 0.3) is 5.91 Å². The van der Waals surface area contributed by atoms with Crippen LogP contribution < -0.4 is 5.32 Å². The predicted molar refractivity (Wildman–Crippen MR) is 74.7 cm³/mol. The van der Waals surface area contributed by atoms with E-state index in [9.17, 15) is 14.0 Å². The molecule has 2 aromatic rings. The second kappa shape index (κ2) is 6.13. The number of carbonyl (C=O) groups is 2. The van der Waals surface area contributed by atoms with E-state index in [2.05, 4.69) is 15.0 Å². The van der Waals surface area contributed by atoms with Gasteiger partial charge < -0.3 is 10.1 Å². The molecule has 0 atom stereocenters. The fourth-order valence-corrected chi connectivity index (χ4v) is 1.78. The Morgan fingerprint density at radius 1 is 1.24 bits per heavy atom. The molecular formula is C15H13FN2O3. The zero-order valence-corrected chi connectivity index (χ0v) is 11.5. The molecule has 0 saturated carbocycles. The number of halogens is 1. The SMILES string of the molecule is COC(=O)c1cc(C)ccc1NC(=O)c1cncc(F)c1. The quantitative estimate of drug-likeness (QED) is 0.881. The van der Waals surface area contributed by atoms with E-state index >= 15 is 0 Å². The summed E-state index contributed by atoms with van der Waals surface area (Å²) < 4.78 is 17.7. The lowest BCUT2D eigenvalue weighted by molar-refractivity contribution is 0.0602. The van der Waals surface area contributed by atoms with Gasteiger partial charge in [-0.3, -0.25) is 9.78 Å². The first-order chi connectivity index (χ1) is 10.0. The minimum Gasteiger partial charge on any atom is -0.465 e. The molecular weight excluding hydrogens is 275 g/mol. The fraction of sp³-hybridized carbons (Fsp3) is 0.133. The number of esters is 1. The Balaban J connectivity index is 2.31. The van der Waals surface area contributed by atoms with Crippen LogP contribution in [0.25, 0.3) is 0 Å². The van der Waals surface area contributed by atoms with E-state index in [1.54, 1.807) is 18.2 Å². The second-order valence-corrected chi connectivity index (χ2v) is 4.39. The van der Waals surface area contributed by atoms with E-state index in [0.717, 1.165) is 17.8 Å². The lowest BCUT2D eigenvalue weighted by Crippen LogP contribution is -2.16. The molecule has 21 heavy (non-hydrogen) atoms. The van der Waals surface area contributed by atoms with E-state index in [1.807, 2.05) is 6.92 Å². The number of amides is 1. The molecule has 1 amide bonds. The summed E-state index contributed by atoms with van der Waals surface area (Å²) in [6.45, 7) is 1.81. The van der Waals surface area contributed by atoms with Crippen LogP contribution in [-0.2, 0) is 4.74 Å². The average molecular weight is 288 g/mol. The van der Waals surface area contributed by atoms with Gasteiger partial charge in [-0.1, -0.05) is 11.6 Å². The van der Waals surface area contributed by atoms with Gasteiger partial charge in [0.1, 0.15) is 5.82 Å². The molecule has 6 heteroatoms. The molecule has 108 valence electrons. The molecule has 0 bridgehead atoms. The lowest BCUT2D eigenvalue weighted by Gasteiger charge is -2.10. The van der Waals surface area contributed by atoms with Crippen molar-refractivity contribution in [1.29, 1.82) is 0 Å². The molecule has 0 aliphatic carbocycles. The Kier molecular flexibility index (Phi) is 4.27. The normalized spacial score (nSPS) is 10.0. The van der Waals surface area contributed by atoms with E-state index in [0.29, 0.717) is 5.69 Å². The smallest absolute Gasteiger partial charge is 0.339 e. The summed E-state index contributed by atoms with van der Waals surface area (Å²) in [5.74, 6) is -1.73. The number of hydrogen-bond donors (Lipinski definition) is 1. The first kappa shape index (κ1) is 14.6. The summed E-state index contributed by atoms with van der Waals surface area (Å²) in [6.07, 6.45) is 2.24.